The first kappa shape index (κ1) is 14.4. The molecule has 3 atom stereocenters. The fraction of sp³-hybridized carbons (Fsp3) is 0.588. The molecule has 2 N–H and O–H groups in total. The molecule has 4 heteroatoms. The molecule has 1 aromatic carbocycles. The standard InChI is InChI=1S/C17H23NO3/c19-13-6-3-5-12(11-13)17(21)18-10-2-1-8-15(18)14-7-4-9-16(14)20/h3,5-6,11,14-16,19-20H,1-2,4,7-10H2. The van der Waals surface area contributed by atoms with Crippen molar-refractivity contribution in [3.63, 3.8) is 0 Å². The molecule has 1 aliphatic carbocycles. The van der Waals surface area contributed by atoms with Crippen LogP contribution in [-0.4, -0.2) is 39.7 Å². The monoisotopic (exact) mass is 289 g/mol. The van der Waals surface area contributed by atoms with Gasteiger partial charge in [0.05, 0.1) is 6.10 Å². The molecule has 1 heterocycles. The third-order valence-corrected chi connectivity index (χ3v) is 4.93. The van der Waals surface area contributed by atoms with Crippen molar-refractivity contribution in [2.45, 2.75) is 50.7 Å². The predicted octanol–water partition coefficient (Wildman–Crippen LogP) is 2.55. The predicted molar refractivity (Wildman–Crippen MR) is 80.1 cm³/mol. The first-order chi connectivity index (χ1) is 10.2. The van der Waals surface area contributed by atoms with Gasteiger partial charge in [0.2, 0.25) is 0 Å². The van der Waals surface area contributed by atoms with Crippen LogP contribution in [0.3, 0.4) is 0 Å². The van der Waals surface area contributed by atoms with Crippen molar-refractivity contribution in [1.82, 2.24) is 4.90 Å². The average molecular weight is 289 g/mol. The summed E-state index contributed by atoms with van der Waals surface area (Å²) in [7, 11) is 0. The number of rotatable bonds is 2. The topological polar surface area (TPSA) is 60.8 Å². The van der Waals surface area contributed by atoms with Gasteiger partial charge in [0, 0.05) is 24.1 Å². The quantitative estimate of drug-likeness (QED) is 0.879. The minimum atomic E-state index is -0.271. The average Bonchev–Trinajstić information content (AvgIpc) is 2.92. The number of amides is 1. The molecule has 0 aromatic heterocycles. The first-order valence-electron chi connectivity index (χ1n) is 7.95. The largest absolute Gasteiger partial charge is 0.508 e. The maximum Gasteiger partial charge on any atom is 0.254 e. The number of phenols is 1. The molecule has 1 saturated carbocycles. The number of benzene rings is 1. The molecule has 1 saturated heterocycles. The Morgan fingerprint density at radius 1 is 1.14 bits per heavy atom. The molecule has 1 aromatic rings. The minimum Gasteiger partial charge on any atom is -0.508 e. The van der Waals surface area contributed by atoms with E-state index in [4.69, 9.17) is 0 Å². The normalized spacial score (nSPS) is 29.6. The second-order valence-electron chi connectivity index (χ2n) is 6.27. The first-order valence-corrected chi connectivity index (χ1v) is 7.95. The Kier molecular flexibility index (Phi) is 4.15. The van der Waals surface area contributed by atoms with Crippen LogP contribution in [0.1, 0.15) is 48.9 Å². The Labute approximate surface area is 125 Å². The number of carbonyl (C=O) groups is 1. The van der Waals surface area contributed by atoms with Crippen molar-refractivity contribution in [2.24, 2.45) is 5.92 Å². The maximum atomic E-state index is 12.8. The summed E-state index contributed by atoms with van der Waals surface area (Å²) in [4.78, 5) is 14.7. The van der Waals surface area contributed by atoms with Crippen molar-refractivity contribution >= 4 is 5.91 Å². The van der Waals surface area contributed by atoms with E-state index in [9.17, 15) is 15.0 Å². The number of nitrogens with zero attached hydrogens (tertiary/aromatic N) is 1. The summed E-state index contributed by atoms with van der Waals surface area (Å²) in [5.74, 6) is 0.316. The Morgan fingerprint density at radius 2 is 2.00 bits per heavy atom. The molecule has 3 unspecified atom stereocenters. The Morgan fingerprint density at radius 3 is 2.71 bits per heavy atom. The van der Waals surface area contributed by atoms with E-state index in [1.54, 1.807) is 18.2 Å². The number of aliphatic hydroxyl groups excluding tert-OH is 1. The van der Waals surface area contributed by atoms with Crippen LogP contribution in [0.15, 0.2) is 24.3 Å². The molecule has 1 aliphatic heterocycles. The van der Waals surface area contributed by atoms with Crippen molar-refractivity contribution in [1.29, 1.82) is 0 Å². The number of piperidine rings is 1. The van der Waals surface area contributed by atoms with Crippen molar-refractivity contribution in [2.75, 3.05) is 6.54 Å². The zero-order chi connectivity index (χ0) is 14.8. The van der Waals surface area contributed by atoms with Crippen LogP contribution in [0, 0.1) is 5.92 Å². The maximum absolute atomic E-state index is 12.8. The number of phenolic OH excluding ortho intramolecular Hbond substituents is 1. The van der Waals surface area contributed by atoms with Gasteiger partial charge in [-0.15, -0.1) is 0 Å². The highest BCUT2D eigenvalue weighted by Gasteiger charge is 2.38. The van der Waals surface area contributed by atoms with Crippen molar-refractivity contribution < 1.29 is 15.0 Å². The third-order valence-electron chi connectivity index (χ3n) is 4.93. The van der Waals surface area contributed by atoms with E-state index in [-0.39, 0.29) is 29.7 Å². The highest BCUT2D eigenvalue weighted by molar-refractivity contribution is 5.94. The number of aromatic hydroxyl groups is 1. The minimum absolute atomic E-state index is 0.0188. The Bertz CT molecular complexity index is 517. The van der Waals surface area contributed by atoms with Gasteiger partial charge >= 0.3 is 0 Å². The van der Waals surface area contributed by atoms with Gasteiger partial charge in [0.15, 0.2) is 0 Å². The summed E-state index contributed by atoms with van der Waals surface area (Å²) in [6.07, 6.45) is 5.77. The SMILES string of the molecule is O=C(c1cccc(O)c1)N1CCCCC1C1CCCC1O. The lowest BCUT2D eigenvalue weighted by Gasteiger charge is -2.40. The van der Waals surface area contributed by atoms with Gasteiger partial charge in [0.25, 0.3) is 5.91 Å². The zero-order valence-electron chi connectivity index (χ0n) is 12.2. The van der Waals surface area contributed by atoms with Crippen LogP contribution < -0.4 is 0 Å². The molecule has 0 spiro atoms. The van der Waals surface area contributed by atoms with E-state index in [1.807, 2.05) is 4.90 Å². The van der Waals surface area contributed by atoms with E-state index in [1.165, 1.54) is 6.07 Å². The smallest absolute Gasteiger partial charge is 0.254 e. The van der Waals surface area contributed by atoms with Gasteiger partial charge in [-0.1, -0.05) is 12.5 Å². The molecular formula is C17H23NO3. The lowest BCUT2D eigenvalue weighted by atomic mass is 9.87. The van der Waals surface area contributed by atoms with Crippen molar-refractivity contribution in [3.8, 4) is 5.75 Å². The summed E-state index contributed by atoms with van der Waals surface area (Å²) < 4.78 is 0. The fourth-order valence-corrected chi connectivity index (χ4v) is 3.88. The summed E-state index contributed by atoms with van der Waals surface area (Å²) in [6.45, 7) is 0.752. The molecule has 2 fully saturated rings. The molecule has 2 aliphatic rings. The summed E-state index contributed by atoms with van der Waals surface area (Å²) in [5, 5.41) is 19.7. The van der Waals surface area contributed by atoms with E-state index in [0.717, 1.165) is 45.1 Å². The second kappa shape index (κ2) is 6.06. The molecule has 0 bridgehead atoms. The third kappa shape index (κ3) is 2.91. The molecule has 21 heavy (non-hydrogen) atoms. The molecule has 1 amide bonds. The van der Waals surface area contributed by atoms with Crippen LogP contribution in [0.4, 0.5) is 0 Å². The lowest BCUT2D eigenvalue weighted by molar-refractivity contribution is 0.0287. The molecule has 0 radical (unpaired) electrons. The highest BCUT2D eigenvalue weighted by atomic mass is 16.3. The van der Waals surface area contributed by atoms with E-state index in [2.05, 4.69) is 0 Å². The number of carbonyl (C=O) groups excluding carboxylic acids is 1. The highest BCUT2D eigenvalue weighted by Crippen LogP contribution is 2.35. The van der Waals surface area contributed by atoms with Crippen molar-refractivity contribution in [3.05, 3.63) is 29.8 Å². The van der Waals surface area contributed by atoms with Gasteiger partial charge in [0.1, 0.15) is 5.75 Å². The van der Waals surface area contributed by atoms with Crippen LogP contribution in [0.2, 0.25) is 0 Å². The number of aliphatic hydroxyl groups is 1. The fourth-order valence-electron chi connectivity index (χ4n) is 3.88. The van der Waals surface area contributed by atoms with Gasteiger partial charge in [-0.2, -0.15) is 0 Å². The van der Waals surface area contributed by atoms with E-state index < -0.39 is 0 Å². The molecule has 114 valence electrons. The summed E-state index contributed by atoms with van der Waals surface area (Å²) >= 11 is 0. The van der Waals surface area contributed by atoms with Gasteiger partial charge in [-0.25, -0.2) is 0 Å². The van der Waals surface area contributed by atoms with E-state index >= 15 is 0 Å². The van der Waals surface area contributed by atoms with Crippen LogP contribution in [0.5, 0.6) is 5.75 Å². The van der Waals surface area contributed by atoms with Gasteiger partial charge in [-0.3, -0.25) is 4.79 Å². The zero-order valence-corrected chi connectivity index (χ0v) is 12.2. The van der Waals surface area contributed by atoms with Crippen LogP contribution in [0.25, 0.3) is 0 Å². The summed E-state index contributed by atoms with van der Waals surface area (Å²) in [6, 6.07) is 6.70. The summed E-state index contributed by atoms with van der Waals surface area (Å²) in [5.41, 5.74) is 0.536. The lowest BCUT2D eigenvalue weighted by Crippen LogP contribution is -2.49. The number of hydrogen-bond donors (Lipinski definition) is 2. The van der Waals surface area contributed by atoms with E-state index in [0.29, 0.717) is 5.56 Å². The Hall–Kier alpha value is -1.55. The van der Waals surface area contributed by atoms with Crippen LogP contribution >= 0.6 is 0 Å². The van der Waals surface area contributed by atoms with Gasteiger partial charge in [-0.05, 0) is 50.3 Å². The Balaban J connectivity index is 1.82. The molecular weight excluding hydrogens is 266 g/mol. The molecule has 3 rings (SSSR count). The van der Waals surface area contributed by atoms with Crippen LogP contribution in [-0.2, 0) is 0 Å². The molecule has 4 nitrogen and oxygen atoms in total. The number of hydrogen-bond acceptors (Lipinski definition) is 3. The number of likely N-dealkylation sites (tertiary alicyclic amines) is 1. The second-order valence-corrected chi connectivity index (χ2v) is 6.27. The van der Waals surface area contributed by atoms with Gasteiger partial charge < -0.3 is 15.1 Å².